The summed E-state index contributed by atoms with van der Waals surface area (Å²) < 4.78 is 2.64. The fraction of sp³-hybridized carbons (Fsp3) is 0.688. The van der Waals surface area contributed by atoms with Crippen molar-refractivity contribution in [2.24, 2.45) is 18.9 Å². The van der Waals surface area contributed by atoms with Gasteiger partial charge in [0.05, 0.1) is 5.39 Å². The highest BCUT2D eigenvalue weighted by Crippen LogP contribution is 2.32. The predicted molar refractivity (Wildman–Crippen MR) is 93.0 cm³/mol. The molecule has 1 fully saturated rings. The van der Waals surface area contributed by atoms with E-state index in [0.717, 1.165) is 46.4 Å². The van der Waals surface area contributed by atoms with Crippen LogP contribution in [-0.2, 0) is 7.05 Å². The lowest BCUT2D eigenvalue weighted by Gasteiger charge is -2.33. The highest BCUT2D eigenvalue weighted by atomic mass is 79.9. The summed E-state index contributed by atoms with van der Waals surface area (Å²) in [5.74, 6) is 2.70. The molecule has 3 rings (SSSR count). The third-order valence-electron chi connectivity index (χ3n) is 4.62. The molecule has 1 aliphatic rings. The summed E-state index contributed by atoms with van der Waals surface area (Å²) in [6.45, 7) is 6.78. The van der Waals surface area contributed by atoms with Gasteiger partial charge < -0.3 is 4.90 Å². The van der Waals surface area contributed by atoms with Crippen molar-refractivity contribution >= 4 is 32.8 Å². The molecule has 2 aromatic rings. The molecule has 0 atom stereocenters. The molecule has 6 heteroatoms. The molecule has 5 nitrogen and oxygen atoms in total. The second kappa shape index (κ2) is 6.52. The van der Waals surface area contributed by atoms with Gasteiger partial charge in [-0.15, -0.1) is 0 Å². The van der Waals surface area contributed by atoms with Crippen LogP contribution in [0.1, 0.15) is 39.5 Å². The van der Waals surface area contributed by atoms with Gasteiger partial charge in [0.15, 0.2) is 5.65 Å². The number of aryl methyl sites for hydroxylation is 1. The van der Waals surface area contributed by atoms with Crippen molar-refractivity contribution < 1.29 is 0 Å². The van der Waals surface area contributed by atoms with Gasteiger partial charge in [-0.2, -0.15) is 5.10 Å². The Balaban J connectivity index is 1.74. The molecule has 1 aliphatic heterocycles. The van der Waals surface area contributed by atoms with Crippen LogP contribution in [0, 0.1) is 11.8 Å². The van der Waals surface area contributed by atoms with Gasteiger partial charge in [-0.1, -0.05) is 26.7 Å². The maximum absolute atomic E-state index is 4.54. The molecule has 0 spiro atoms. The zero-order valence-electron chi connectivity index (χ0n) is 13.6. The van der Waals surface area contributed by atoms with Gasteiger partial charge in [-0.05, 0) is 40.6 Å². The minimum Gasteiger partial charge on any atom is -0.356 e. The van der Waals surface area contributed by atoms with Gasteiger partial charge in [0.25, 0.3) is 0 Å². The first-order valence-corrected chi connectivity index (χ1v) is 8.93. The number of anilines is 1. The second-order valence-corrected chi connectivity index (χ2v) is 7.46. The Labute approximate surface area is 140 Å². The summed E-state index contributed by atoms with van der Waals surface area (Å²) in [7, 11) is 1.92. The molecule has 0 N–H and O–H groups in total. The smallest absolute Gasteiger partial charge is 0.164 e. The Kier molecular flexibility index (Phi) is 4.66. The summed E-state index contributed by atoms with van der Waals surface area (Å²) in [4.78, 5) is 11.3. The Hall–Kier alpha value is -1.17. The Morgan fingerprint density at radius 2 is 2.00 bits per heavy atom. The van der Waals surface area contributed by atoms with E-state index < -0.39 is 0 Å². The van der Waals surface area contributed by atoms with Gasteiger partial charge >= 0.3 is 0 Å². The van der Waals surface area contributed by atoms with E-state index in [9.17, 15) is 0 Å². The average Bonchev–Trinajstić information content (AvgIpc) is 2.81. The van der Waals surface area contributed by atoms with Gasteiger partial charge in [0.2, 0.25) is 0 Å². The first-order chi connectivity index (χ1) is 10.6. The molecule has 0 aromatic carbocycles. The molecule has 0 saturated carbocycles. The van der Waals surface area contributed by atoms with Crippen LogP contribution in [-0.4, -0.2) is 32.8 Å². The lowest BCUT2D eigenvalue weighted by molar-refractivity contribution is 0.351. The Morgan fingerprint density at radius 3 is 2.68 bits per heavy atom. The number of rotatable bonds is 4. The van der Waals surface area contributed by atoms with Crippen LogP contribution in [0.2, 0.25) is 0 Å². The van der Waals surface area contributed by atoms with Crippen molar-refractivity contribution in [3.8, 4) is 0 Å². The molecule has 0 aliphatic carbocycles. The SMILES string of the molecule is CC(C)CCC1CCN(c2ncnc3c2c(Br)nn3C)CC1. The fourth-order valence-corrected chi connectivity index (χ4v) is 3.86. The number of hydrogen-bond acceptors (Lipinski definition) is 4. The monoisotopic (exact) mass is 365 g/mol. The van der Waals surface area contributed by atoms with Gasteiger partial charge in [-0.25, -0.2) is 14.6 Å². The van der Waals surface area contributed by atoms with E-state index in [1.54, 1.807) is 11.0 Å². The van der Waals surface area contributed by atoms with E-state index in [1.807, 2.05) is 7.05 Å². The normalized spacial score (nSPS) is 16.9. The number of hydrogen-bond donors (Lipinski definition) is 0. The van der Waals surface area contributed by atoms with Crippen molar-refractivity contribution in [3.63, 3.8) is 0 Å². The Morgan fingerprint density at radius 1 is 1.27 bits per heavy atom. The zero-order valence-corrected chi connectivity index (χ0v) is 15.2. The van der Waals surface area contributed by atoms with Gasteiger partial charge in [0, 0.05) is 20.1 Å². The molecule has 0 radical (unpaired) electrons. The van der Waals surface area contributed by atoms with E-state index in [1.165, 1.54) is 25.7 Å². The van der Waals surface area contributed by atoms with Crippen LogP contribution < -0.4 is 4.90 Å². The van der Waals surface area contributed by atoms with Crippen molar-refractivity contribution in [1.82, 2.24) is 19.7 Å². The molecule has 2 aromatic heterocycles. The van der Waals surface area contributed by atoms with Crippen molar-refractivity contribution in [3.05, 3.63) is 10.9 Å². The van der Waals surface area contributed by atoms with E-state index in [0.29, 0.717) is 0 Å². The summed E-state index contributed by atoms with van der Waals surface area (Å²) in [5.41, 5.74) is 0.888. The number of fused-ring (bicyclic) bond motifs is 1. The molecule has 1 saturated heterocycles. The summed E-state index contributed by atoms with van der Waals surface area (Å²) in [6.07, 6.45) is 6.88. The third kappa shape index (κ3) is 3.12. The lowest BCUT2D eigenvalue weighted by atomic mass is 9.89. The van der Waals surface area contributed by atoms with Crippen LogP contribution >= 0.6 is 15.9 Å². The first-order valence-electron chi connectivity index (χ1n) is 8.14. The van der Waals surface area contributed by atoms with Crippen LogP contribution in [0.5, 0.6) is 0 Å². The quantitative estimate of drug-likeness (QED) is 0.826. The molecular formula is C16H24BrN5. The minimum absolute atomic E-state index is 0.811. The molecular weight excluding hydrogens is 342 g/mol. The Bertz CT molecular complexity index is 643. The van der Waals surface area contributed by atoms with E-state index in [-0.39, 0.29) is 0 Å². The maximum Gasteiger partial charge on any atom is 0.164 e. The maximum atomic E-state index is 4.54. The predicted octanol–water partition coefficient (Wildman–Crippen LogP) is 3.78. The lowest BCUT2D eigenvalue weighted by Crippen LogP contribution is -2.34. The third-order valence-corrected chi connectivity index (χ3v) is 5.18. The second-order valence-electron chi connectivity index (χ2n) is 6.71. The first kappa shape index (κ1) is 15.7. The zero-order chi connectivity index (χ0) is 15.7. The fourth-order valence-electron chi connectivity index (χ4n) is 3.27. The van der Waals surface area contributed by atoms with Gasteiger partial charge in [-0.3, -0.25) is 0 Å². The van der Waals surface area contributed by atoms with Crippen molar-refractivity contribution in [1.29, 1.82) is 0 Å². The largest absolute Gasteiger partial charge is 0.356 e. The van der Waals surface area contributed by atoms with Crippen molar-refractivity contribution in [2.45, 2.75) is 39.5 Å². The highest BCUT2D eigenvalue weighted by molar-refractivity contribution is 9.10. The van der Waals surface area contributed by atoms with E-state index in [2.05, 4.69) is 49.7 Å². The summed E-state index contributed by atoms with van der Waals surface area (Å²) >= 11 is 3.55. The van der Waals surface area contributed by atoms with E-state index in [4.69, 9.17) is 0 Å². The van der Waals surface area contributed by atoms with E-state index >= 15 is 0 Å². The average molecular weight is 366 g/mol. The number of piperidine rings is 1. The minimum atomic E-state index is 0.811. The molecule has 0 unspecified atom stereocenters. The number of halogens is 1. The highest BCUT2D eigenvalue weighted by Gasteiger charge is 2.23. The standard InChI is InChI=1S/C16H24BrN5/c1-11(2)4-5-12-6-8-22(9-7-12)16-13-14(17)20-21(3)15(13)18-10-19-16/h10-12H,4-9H2,1-3H3. The van der Waals surface area contributed by atoms with Crippen LogP contribution in [0.15, 0.2) is 10.9 Å². The number of nitrogens with zero attached hydrogens (tertiary/aromatic N) is 5. The number of aromatic nitrogens is 4. The van der Waals surface area contributed by atoms with Crippen LogP contribution in [0.4, 0.5) is 5.82 Å². The van der Waals surface area contributed by atoms with Crippen LogP contribution in [0.25, 0.3) is 11.0 Å². The molecule has 3 heterocycles. The summed E-state index contributed by atoms with van der Waals surface area (Å²) in [6, 6.07) is 0. The summed E-state index contributed by atoms with van der Waals surface area (Å²) in [5, 5.41) is 5.45. The molecule has 0 bridgehead atoms. The van der Waals surface area contributed by atoms with Crippen LogP contribution in [0.3, 0.4) is 0 Å². The molecule has 0 amide bonds. The molecule has 120 valence electrons. The van der Waals surface area contributed by atoms with Gasteiger partial charge in [0.1, 0.15) is 16.7 Å². The topological polar surface area (TPSA) is 46.8 Å². The molecule has 22 heavy (non-hydrogen) atoms. The van der Waals surface area contributed by atoms with Crippen molar-refractivity contribution in [2.75, 3.05) is 18.0 Å².